The van der Waals surface area contributed by atoms with E-state index in [1.807, 2.05) is 37.3 Å². The van der Waals surface area contributed by atoms with Crippen molar-refractivity contribution < 1.29 is 14.3 Å². The topological polar surface area (TPSA) is 79.5 Å². The lowest BCUT2D eigenvalue weighted by Crippen LogP contribution is -2.35. The summed E-state index contributed by atoms with van der Waals surface area (Å²) in [6.07, 6.45) is 0.718. The average molecular weight is 339 g/mol. The third-order valence-electron chi connectivity index (χ3n) is 4.07. The monoisotopic (exact) mass is 339 g/mol. The number of rotatable bonds is 3. The molecule has 2 aromatic carbocycles. The first-order chi connectivity index (χ1) is 12.0. The molecular weight excluding hydrogens is 318 g/mol. The van der Waals surface area contributed by atoms with Crippen LogP contribution in [0.15, 0.2) is 42.5 Å². The van der Waals surface area contributed by atoms with Gasteiger partial charge in [-0.25, -0.2) is 4.79 Å². The molecular formula is C19H21N3O3. The standard InChI is InChI=1S/C19H21N3O3/c1-12-7-8-14(20-13(2)23)11-17(12)22-19(24)21-16-9-10-25-18-6-4-3-5-15(16)18/h3-8,11,16H,9-10H2,1-2H3,(H,20,23)(H2,21,22,24). The molecule has 0 radical (unpaired) electrons. The molecule has 0 bridgehead atoms. The summed E-state index contributed by atoms with van der Waals surface area (Å²) in [6, 6.07) is 12.7. The molecule has 1 unspecified atom stereocenters. The number of amides is 3. The van der Waals surface area contributed by atoms with Crippen LogP contribution in [0.1, 0.15) is 30.5 Å². The number of carbonyl (C=O) groups excluding carboxylic acids is 2. The number of para-hydroxylation sites is 1. The van der Waals surface area contributed by atoms with Crippen molar-refractivity contribution in [2.45, 2.75) is 26.3 Å². The second kappa shape index (κ2) is 7.25. The Morgan fingerprint density at radius 3 is 2.72 bits per heavy atom. The van der Waals surface area contributed by atoms with Crippen molar-refractivity contribution in [2.75, 3.05) is 17.2 Å². The van der Waals surface area contributed by atoms with Gasteiger partial charge in [0.1, 0.15) is 5.75 Å². The summed E-state index contributed by atoms with van der Waals surface area (Å²) in [6.45, 7) is 3.91. The summed E-state index contributed by atoms with van der Waals surface area (Å²) in [5, 5.41) is 8.57. The number of anilines is 2. The molecule has 0 spiro atoms. The van der Waals surface area contributed by atoms with E-state index in [0.29, 0.717) is 18.0 Å². The second-order valence-electron chi connectivity index (χ2n) is 6.04. The van der Waals surface area contributed by atoms with Crippen LogP contribution in [0.2, 0.25) is 0 Å². The van der Waals surface area contributed by atoms with Gasteiger partial charge in [0.15, 0.2) is 0 Å². The third-order valence-corrected chi connectivity index (χ3v) is 4.07. The van der Waals surface area contributed by atoms with Crippen molar-refractivity contribution in [1.82, 2.24) is 5.32 Å². The molecule has 0 saturated heterocycles. The van der Waals surface area contributed by atoms with Gasteiger partial charge >= 0.3 is 6.03 Å². The van der Waals surface area contributed by atoms with Gasteiger partial charge in [-0.3, -0.25) is 4.79 Å². The Morgan fingerprint density at radius 1 is 1.12 bits per heavy atom. The Morgan fingerprint density at radius 2 is 1.92 bits per heavy atom. The van der Waals surface area contributed by atoms with Crippen molar-refractivity contribution in [3.05, 3.63) is 53.6 Å². The van der Waals surface area contributed by atoms with E-state index in [9.17, 15) is 9.59 Å². The van der Waals surface area contributed by atoms with Gasteiger partial charge in [-0.15, -0.1) is 0 Å². The maximum Gasteiger partial charge on any atom is 0.319 e. The van der Waals surface area contributed by atoms with Crippen LogP contribution in [0, 0.1) is 6.92 Å². The van der Waals surface area contributed by atoms with Crippen LogP contribution in [0.5, 0.6) is 5.75 Å². The molecule has 0 aliphatic carbocycles. The summed E-state index contributed by atoms with van der Waals surface area (Å²) in [4.78, 5) is 23.6. The Hall–Kier alpha value is -3.02. The lowest BCUT2D eigenvalue weighted by Gasteiger charge is -2.26. The zero-order chi connectivity index (χ0) is 17.8. The van der Waals surface area contributed by atoms with Crippen molar-refractivity contribution in [1.29, 1.82) is 0 Å². The zero-order valence-corrected chi connectivity index (χ0v) is 14.3. The third kappa shape index (κ3) is 4.09. The molecule has 0 saturated carbocycles. The number of hydrogen-bond donors (Lipinski definition) is 3. The van der Waals surface area contributed by atoms with E-state index in [4.69, 9.17) is 4.74 Å². The maximum atomic E-state index is 12.4. The maximum absolute atomic E-state index is 12.4. The van der Waals surface area contributed by atoms with E-state index in [2.05, 4.69) is 16.0 Å². The fourth-order valence-electron chi connectivity index (χ4n) is 2.85. The molecule has 6 nitrogen and oxygen atoms in total. The van der Waals surface area contributed by atoms with Crippen molar-refractivity contribution in [3.8, 4) is 5.75 Å². The minimum absolute atomic E-state index is 0.0937. The first kappa shape index (κ1) is 16.8. The van der Waals surface area contributed by atoms with E-state index < -0.39 is 0 Å². The van der Waals surface area contributed by atoms with Crippen LogP contribution in [-0.4, -0.2) is 18.5 Å². The van der Waals surface area contributed by atoms with E-state index >= 15 is 0 Å². The minimum atomic E-state index is -0.287. The van der Waals surface area contributed by atoms with Crippen molar-refractivity contribution in [2.24, 2.45) is 0 Å². The van der Waals surface area contributed by atoms with E-state index in [-0.39, 0.29) is 18.0 Å². The summed E-state index contributed by atoms with van der Waals surface area (Å²) < 4.78 is 5.61. The number of aryl methyl sites for hydroxylation is 1. The highest BCUT2D eigenvalue weighted by Crippen LogP contribution is 2.31. The highest BCUT2D eigenvalue weighted by molar-refractivity contribution is 5.93. The Labute approximate surface area is 146 Å². The molecule has 3 N–H and O–H groups in total. The number of nitrogens with one attached hydrogen (secondary N) is 3. The normalized spacial score (nSPS) is 15.5. The molecule has 1 aliphatic rings. The quantitative estimate of drug-likeness (QED) is 0.799. The molecule has 130 valence electrons. The number of urea groups is 1. The number of ether oxygens (including phenoxy) is 1. The van der Waals surface area contributed by atoms with Crippen LogP contribution < -0.4 is 20.7 Å². The van der Waals surface area contributed by atoms with Gasteiger partial charge in [0.25, 0.3) is 0 Å². The fraction of sp³-hybridized carbons (Fsp3) is 0.263. The number of carbonyl (C=O) groups is 2. The first-order valence-corrected chi connectivity index (χ1v) is 8.20. The summed E-state index contributed by atoms with van der Waals surface area (Å²) in [5.74, 6) is 0.654. The van der Waals surface area contributed by atoms with Crippen molar-refractivity contribution in [3.63, 3.8) is 0 Å². The Kier molecular flexibility index (Phi) is 4.88. The molecule has 1 atom stereocenters. The van der Waals surface area contributed by atoms with Crippen LogP contribution in [0.25, 0.3) is 0 Å². The summed E-state index contributed by atoms with van der Waals surface area (Å²) >= 11 is 0. The molecule has 0 aromatic heterocycles. The molecule has 25 heavy (non-hydrogen) atoms. The fourth-order valence-corrected chi connectivity index (χ4v) is 2.85. The van der Waals surface area contributed by atoms with Gasteiger partial charge < -0.3 is 20.7 Å². The highest BCUT2D eigenvalue weighted by Gasteiger charge is 2.22. The molecule has 1 aliphatic heterocycles. The van der Waals surface area contributed by atoms with E-state index in [0.717, 1.165) is 23.3 Å². The molecule has 6 heteroatoms. The van der Waals surface area contributed by atoms with Gasteiger partial charge in [0.05, 0.1) is 12.6 Å². The number of hydrogen-bond acceptors (Lipinski definition) is 3. The van der Waals surface area contributed by atoms with Crippen LogP contribution >= 0.6 is 0 Å². The largest absolute Gasteiger partial charge is 0.493 e. The van der Waals surface area contributed by atoms with Crippen LogP contribution in [0.3, 0.4) is 0 Å². The minimum Gasteiger partial charge on any atom is -0.493 e. The lowest BCUT2D eigenvalue weighted by atomic mass is 10.0. The van der Waals surface area contributed by atoms with Gasteiger partial charge in [-0.2, -0.15) is 0 Å². The van der Waals surface area contributed by atoms with Gasteiger partial charge in [0.2, 0.25) is 5.91 Å². The molecule has 3 rings (SSSR count). The predicted octanol–water partition coefficient (Wildman–Crippen LogP) is 3.60. The lowest BCUT2D eigenvalue weighted by molar-refractivity contribution is -0.114. The predicted molar refractivity (Wildman–Crippen MR) is 96.9 cm³/mol. The SMILES string of the molecule is CC(=O)Nc1ccc(C)c(NC(=O)NC2CCOc3ccccc32)c1. The summed E-state index contributed by atoms with van der Waals surface area (Å²) in [7, 11) is 0. The average Bonchev–Trinajstić information content (AvgIpc) is 2.58. The van der Waals surface area contributed by atoms with E-state index in [1.54, 1.807) is 12.1 Å². The zero-order valence-electron chi connectivity index (χ0n) is 14.3. The number of benzene rings is 2. The van der Waals surface area contributed by atoms with E-state index in [1.165, 1.54) is 6.92 Å². The summed E-state index contributed by atoms with van der Waals surface area (Å²) in [5.41, 5.74) is 3.19. The molecule has 2 aromatic rings. The van der Waals surface area contributed by atoms with Crippen LogP contribution in [-0.2, 0) is 4.79 Å². The van der Waals surface area contributed by atoms with Gasteiger partial charge in [-0.1, -0.05) is 24.3 Å². The van der Waals surface area contributed by atoms with Crippen LogP contribution in [0.4, 0.5) is 16.2 Å². The van der Waals surface area contributed by atoms with Crippen molar-refractivity contribution >= 4 is 23.3 Å². The molecule has 3 amide bonds. The van der Waals surface area contributed by atoms with Gasteiger partial charge in [-0.05, 0) is 30.7 Å². The Balaban J connectivity index is 1.70. The molecule has 0 fully saturated rings. The Bertz CT molecular complexity index is 804. The molecule has 1 heterocycles. The van der Waals surface area contributed by atoms with Gasteiger partial charge in [0, 0.05) is 30.3 Å². The highest BCUT2D eigenvalue weighted by atomic mass is 16.5. The number of fused-ring (bicyclic) bond motifs is 1. The first-order valence-electron chi connectivity index (χ1n) is 8.20. The second-order valence-corrected chi connectivity index (χ2v) is 6.04. The smallest absolute Gasteiger partial charge is 0.319 e.